The molecule has 1 fully saturated rings. The first kappa shape index (κ1) is 16.7. The summed E-state index contributed by atoms with van der Waals surface area (Å²) in [6.07, 6.45) is 2.29. The molecular formula is C12H18N6O3. The number of rotatable bonds is 3. The molecule has 2 rings (SSSR count). The molecule has 3 N–H and O–H groups in total. The van der Waals surface area contributed by atoms with E-state index in [1.54, 1.807) is 6.08 Å². The molecule has 9 nitrogen and oxygen atoms in total. The molecular weight excluding hydrogens is 276 g/mol. The van der Waals surface area contributed by atoms with Gasteiger partial charge in [0.1, 0.15) is 12.0 Å². The van der Waals surface area contributed by atoms with E-state index in [-0.39, 0.29) is 12.4 Å². The van der Waals surface area contributed by atoms with Gasteiger partial charge in [-0.05, 0) is 18.5 Å². The van der Waals surface area contributed by atoms with Crippen molar-refractivity contribution in [2.24, 2.45) is 5.11 Å². The fourth-order valence-corrected chi connectivity index (χ4v) is 1.88. The van der Waals surface area contributed by atoms with E-state index in [2.05, 4.69) is 21.6 Å². The number of aliphatic hydroxyl groups is 1. The third-order valence-corrected chi connectivity index (χ3v) is 2.75. The lowest BCUT2D eigenvalue weighted by molar-refractivity contribution is -0.0269. The van der Waals surface area contributed by atoms with Crippen molar-refractivity contribution in [3.8, 4) is 0 Å². The Morgan fingerprint density at radius 3 is 3.00 bits per heavy atom. The van der Waals surface area contributed by atoms with Crippen molar-refractivity contribution >= 4 is 5.82 Å². The monoisotopic (exact) mass is 294 g/mol. The molecule has 1 aliphatic rings. The number of hydrogen-bond acceptors (Lipinski definition) is 6. The lowest BCUT2D eigenvalue weighted by atomic mass is 10.1. The minimum Gasteiger partial charge on any atom is -0.394 e. The first-order chi connectivity index (χ1) is 10.1. The average Bonchev–Trinajstić information content (AvgIpc) is 2.83. The number of azide groups is 1. The molecule has 1 aromatic heterocycles. The van der Waals surface area contributed by atoms with E-state index in [4.69, 9.17) is 21.1 Å². The van der Waals surface area contributed by atoms with Gasteiger partial charge in [-0.1, -0.05) is 11.2 Å². The summed E-state index contributed by atoms with van der Waals surface area (Å²) >= 11 is 0. The molecule has 0 unspecified atom stereocenters. The summed E-state index contributed by atoms with van der Waals surface area (Å²) in [5, 5.41) is 12.6. The molecule has 3 atom stereocenters. The molecule has 0 aromatic carbocycles. The van der Waals surface area contributed by atoms with E-state index >= 15 is 0 Å². The summed E-state index contributed by atoms with van der Waals surface area (Å²) in [7, 11) is 0. The molecule has 0 bridgehead atoms. The van der Waals surface area contributed by atoms with Gasteiger partial charge in [0.05, 0.1) is 18.8 Å². The number of anilines is 1. The summed E-state index contributed by atoms with van der Waals surface area (Å²) in [5.74, 6) is 0.125. The predicted octanol–water partition coefficient (Wildman–Crippen LogP) is 0.976. The minimum atomic E-state index is -0.615. The highest BCUT2D eigenvalue weighted by atomic mass is 16.5. The van der Waals surface area contributed by atoms with Gasteiger partial charge in [-0.3, -0.25) is 4.57 Å². The largest absolute Gasteiger partial charge is 0.394 e. The Labute approximate surface area is 121 Å². The highest BCUT2D eigenvalue weighted by molar-refractivity contribution is 5.23. The van der Waals surface area contributed by atoms with Crippen molar-refractivity contribution in [2.45, 2.75) is 31.7 Å². The number of nitrogens with two attached hydrogens (primary N) is 1. The van der Waals surface area contributed by atoms with Crippen LogP contribution in [0.1, 0.15) is 19.6 Å². The zero-order valence-electron chi connectivity index (χ0n) is 11.7. The zero-order valence-corrected chi connectivity index (χ0v) is 11.7. The zero-order chi connectivity index (χ0) is 15.8. The Balaban J connectivity index is 0.000000677. The van der Waals surface area contributed by atoms with Crippen LogP contribution in [0.4, 0.5) is 5.82 Å². The number of aromatic nitrogens is 2. The van der Waals surface area contributed by atoms with E-state index in [1.165, 1.54) is 16.8 Å². The van der Waals surface area contributed by atoms with Gasteiger partial charge >= 0.3 is 5.69 Å². The van der Waals surface area contributed by atoms with Crippen LogP contribution < -0.4 is 11.4 Å². The Bertz CT molecular complexity index is 581. The molecule has 0 aliphatic carbocycles. The second-order valence-electron chi connectivity index (χ2n) is 4.27. The smallest absolute Gasteiger partial charge is 0.351 e. The topological polar surface area (TPSA) is 139 Å². The fraction of sp³-hybridized carbons (Fsp3) is 0.500. The molecule has 0 saturated carbocycles. The summed E-state index contributed by atoms with van der Waals surface area (Å²) in [6, 6.07) is 0.967. The summed E-state index contributed by atoms with van der Waals surface area (Å²) in [5.41, 5.74) is 13.3. The van der Waals surface area contributed by atoms with E-state index in [9.17, 15) is 4.79 Å². The molecule has 2 heterocycles. The van der Waals surface area contributed by atoms with Crippen LogP contribution in [0.25, 0.3) is 10.4 Å². The van der Waals surface area contributed by atoms with Crippen LogP contribution in [-0.2, 0) is 4.74 Å². The lowest BCUT2D eigenvalue weighted by Crippen LogP contribution is -2.27. The number of aliphatic hydroxyl groups excluding tert-OH is 1. The van der Waals surface area contributed by atoms with E-state index in [0.717, 1.165) is 0 Å². The van der Waals surface area contributed by atoms with Crippen molar-refractivity contribution in [1.29, 1.82) is 0 Å². The van der Waals surface area contributed by atoms with E-state index in [0.29, 0.717) is 6.42 Å². The van der Waals surface area contributed by atoms with Gasteiger partial charge in [-0.15, -0.1) is 6.58 Å². The minimum absolute atomic E-state index is 0.125. The van der Waals surface area contributed by atoms with Crippen molar-refractivity contribution in [3.05, 3.63) is 45.8 Å². The highest BCUT2D eigenvalue weighted by Gasteiger charge is 2.35. The van der Waals surface area contributed by atoms with Gasteiger partial charge < -0.3 is 15.6 Å². The summed E-state index contributed by atoms with van der Waals surface area (Å²) < 4.78 is 6.71. The summed E-state index contributed by atoms with van der Waals surface area (Å²) in [6.45, 7) is 4.97. The maximum atomic E-state index is 11.6. The van der Waals surface area contributed by atoms with Crippen molar-refractivity contribution in [2.75, 3.05) is 12.3 Å². The lowest BCUT2D eigenvalue weighted by Gasteiger charge is -2.14. The Kier molecular flexibility index (Phi) is 6.41. The molecule has 21 heavy (non-hydrogen) atoms. The number of nitrogens with zero attached hydrogens (tertiary/aromatic N) is 5. The second-order valence-corrected chi connectivity index (χ2v) is 4.27. The maximum absolute atomic E-state index is 11.6. The quantitative estimate of drug-likeness (QED) is 0.370. The van der Waals surface area contributed by atoms with Gasteiger partial charge in [0.15, 0.2) is 0 Å². The van der Waals surface area contributed by atoms with E-state index < -0.39 is 24.1 Å². The molecule has 114 valence electrons. The van der Waals surface area contributed by atoms with Crippen molar-refractivity contribution in [3.63, 3.8) is 0 Å². The number of allylic oxidation sites excluding steroid dienone is 1. The Morgan fingerprint density at radius 2 is 2.48 bits per heavy atom. The fourth-order valence-electron chi connectivity index (χ4n) is 1.88. The van der Waals surface area contributed by atoms with Gasteiger partial charge in [-0.2, -0.15) is 4.98 Å². The summed E-state index contributed by atoms with van der Waals surface area (Å²) in [4.78, 5) is 17.9. The van der Waals surface area contributed by atoms with Crippen LogP contribution in [0.2, 0.25) is 0 Å². The standard InChI is InChI=1S/C9H12N6O3.C3H6/c10-7-1-2-15(9(17)12-7)8-3-5(13-14-11)6(4-16)18-8;1-3-2/h1-2,5-6,8,16H,3-4H2,(H2,10,12,17);3H,1H2,2H3/t5-,6+,8+;/m0./s1. The van der Waals surface area contributed by atoms with Crippen LogP contribution in [0, 0.1) is 0 Å². The Morgan fingerprint density at radius 1 is 1.81 bits per heavy atom. The average molecular weight is 294 g/mol. The SMILES string of the molecule is C=CC.[N-]=[N+]=N[C@H]1C[C@H](n2ccc(N)nc2=O)O[C@@H]1CO. The van der Waals surface area contributed by atoms with Crippen molar-refractivity contribution < 1.29 is 9.84 Å². The van der Waals surface area contributed by atoms with Gasteiger partial charge in [-0.25, -0.2) is 4.79 Å². The van der Waals surface area contributed by atoms with Crippen LogP contribution in [-0.4, -0.2) is 33.4 Å². The molecule has 1 aromatic rings. The highest BCUT2D eigenvalue weighted by Crippen LogP contribution is 2.29. The maximum Gasteiger partial charge on any atom is 0.351 e. The van der Waals surface area contributed by atoms with Gasteiger partial charge in [0, 0.05) is 17.5 Å². The molecule has 0 spiro atoms. The molecule has 9 heteroatoms. The molecule has 0 radical (unpaired) electrons. The first-order valence-electron chi connectivity index (χ1n) is 6.29. The Hall–Kier alpha value is -2.35. The number of hydrogen-bond donors (Lipinski definition) is 2. The van der Waals surface area contributed by atoms with Crippen LogP contribution in [0.3, 0.4) is 0 Å². The molecule has 0 amide bonds. The van der Waals surface area contributed by atoms with Crippen molar-refractivity contribution in [1.82, 2.24) is 9.55 Å². The third-order valence-electron chi connectivity index (χ3n) is 2.75. The van der Waals surface area contributed by atoms with Crippen LogP contribution >= 0.6 is 0 Å². The van der Waals surface area contributed by atoms with Gasteiger partial charge in [0.2, 0.25) is 0 Å². The number of ether oxygens (including phenoxy) is 1. The van der Waals surface area contributed by atoms with Gasteiger partial charge in [0.25, 0.3) is 0 Å². The number of nitrogen functional groups attached to an aromatic ring is 1. The van der Waals surface area contributed by atoms with Crippen LogP contribution in [0.5, 0.6) is 0 Å². The second kappa shape index (κ2) is 8.05. The third kappa shape index (κ3) is 4.32. The normalized spacial score (nSPS) is 23.6. The first-order valence-corrected chi connectivity index (χ1v) is 6.29. The predicted molar refractivity (Wildman–Crippen MR) is 77.3 cm³/mol. The van der Waals surface area contributed by atoms with E-state index in [1.807, 2.05) is 6.92 Å². The molecule has 1 aliphatic heterocycles. The van der Waals surface area contributed by atoms with Crippen LogP contribution in [0.15, 0.2) is 34.8 Å². The molecule has 1 saturated heterocycles.